The number of halogens is 3. The van der Waals surface area contributed by atoms with E-state index >= 15 is 0 Å². The van der Waals surface area contributed by atoms with Gasteiger partial charge in [-0.25, -0.2) is 23.2 Å². The average molecular weight is 421 g/mol. The van der Waals surface area contributed by atoms with Crippen molar-refractivity contribution in [2.24, 2.45) is 0 Å². The van der Waals surface area contributed by atoms with E-state index in [9.17, 15) is 21.6 Å². The number of carboxylic acid groups (broad SMARTS) is 1. The van der Waals surface area contributed by atoms with Crippen molar-refractivity contribution in [2.75, 3.05) is 36.7 Å². The van der Waals surface area contributed by atoms with Crippen LogP contribution in [0.5, 0.6) is 0 Å². The molecular formula is C16H18F3N3O5S. The molecule has 1 saturated heterocycles. The van der Waals surface area contributed by atoms with Gasteiger partial charge in [-0.3, -0.25) is 0 Å². The second kappa shape index (κ2) is 8.69. The van der Waals surface area contributed by atoms with Crippen molar-refractivity contribution in [1.82, 2.24) is 9.97 Å². The molecule has 2 aromatic heterocycles. The van der Waals surface area contributed by atoms with E-state index in [4.69, 9.17) is 14.6 Å². The molecule has 0 radical (unpaired) electrons. The Kier molecular flexibility index (Phi) is 6.77. The molecule has 0 spiro atoms. The number of hydrogen-bond donors (Lipinski definition) is 1. The van der Waals surface area contributed by atoms with E-state index in [2.05, 4.69) is 9.97 Å². The molecule has 0 aromatic carbocycles. The molecule has 12 heteroatoms. The molecule has 3 heterocycles. The summed E-state index contributed by atoms with van der Waals surface area (Å²) in [6.45, 7) is 1.60. The smallest absolute Gasteiger partial charge is 0.475 e. The van der Waals surface area contributed by atoms with E-state index in [0.717, 1.165) is 11.2 Å². The molecule has 2 aromatic rings. The van der Waals surface area contributed by atoms with E-state index in [1.807, 2.05) is 29.2 Å². The Morgan fingerprint density at radius 2 is 2.04 bits per heavy atom. The fourth-order valence-corrected chi connectivity index (χ4v) is 3.52. The zero-order valence-electron chi connectivity index (χ0n) is 14.8. The van der Waals surface area contributed by atoms with Gasteiger partial charge in [0.25, 0.3) is 0 Å². The fourth-order valence-electron chi connectivity index (χ4n) is 2.55. The van der Waals surface area contributed by atoms with Crippen molar-refractivity contribution in [1.29, 1.82) is 0 Å². The maximum atomic E-state index is 11.6. The molecule has 1 atom stereocenters. The van der Waals surface area contributed by atoms with Gasteiger partial charge in [-0.1, -0.05) is 0 Å². The number of aromatic nitrogens is 2. The summed E-state index contributed by atoms with van der Waals surface area (Å²) in [6, 6.07) is 7.47. The summed E-state index contributed by atoms with van der Waals surface area (Å²) in [7, 11) is -3.07. The van der Waals surface area contributed by atoms with E-state index < -0.39 is 22.0 Å². The third kappa shape index (κ3) is 6.30. The first-order valence-corrected chi connectivity index (χ1v) is 10.1. The lowest BCUT2D eigenvalue weighted by Gasteiger charge is -2.36. The minimum atomic E-state index is -5.08. The quantitative estimate of drug-likeness (QED) is 0.794. The highest BCUT2D eigenvalue weighted by Crippen LogP contribution is 2.21. The lowest BCUT2D eigenvalue weighted by atomic mass is 10.2. The second-order valence-corrected chi connectivity index (χ2v) is 8.22. The minimum absolute atomic E-state index is 0.0644. The van der Waals surface area contributed by atoms with Gasteiger partial charge >= 0.3 is 12.1 Å². The van der Waals surface area contributed by atoms with Crippen LogP contribution in [0.25, 0.3) is 11.0 Å². The molecule has 0 bridgehead atoms. The molecule has 0 amide bonds. The number of sulfone groups is 1. The largest absolute Gasteiger partial charge is 0.490 e. The summed E-state index contributed by atoms with van der Waals surface area (Å²) < 4.78 is 60.3. The summed E-state index contributed by atoms with van der Waals surface area (Å²) in [4.78, 5) is 19.7. The zero-order chi connectivity index (χ0) is 20.9. The molecule has 8 nitrogen and oxygen atoms in total. The molecule has 154 valence electrons. The SMILES string of the molecule is CS(=O)(=O)C[C@@H]1COCCN1c1ccc2cccnc2n1.O=C(O)C(F)(F)F. The number of morpholine rings is 1. The monoisotopic (exact) mass is 421 g/mol. The Labute approximate surface area is 158 Å². The number of anilines is 1. The number of aliphatic carboxylic acids is 1. The van der Waals surface area contributed by atoms with Gasteiger partial charge in [-0.05, 0) is 24.3 Å². The molecule has 0 aliphatic carbocycles. The summed E-state index contributed by atoms with van der Waals surface area (Å²) >= 11 is 0. The lowest BCUT2D eigenvalue weighted by Crippen LogP contribution is -2.49. The minimum Gasteiger partial charge on any atom is -0.475 e. The first-order chi connectivity index (χ1) is 13.0. The van der Waals surface area contributed by atoms with Gasteiger partial charge in [0, 0.05) is 24.4 Å². The van der Waals surface area contributed by atoms with Gasteiger partial charge in [0.2, 0.25) is 0 Å². The van der Waals surface area contributed by atoms with Crippen molar-refractivity contribution >= 4 is 32.7 Å². The predicted molar refractivity (Wildman–Crippen MR) is 94.9 cm³/mol. The van der Waals surface area contributed by atoms with Crippen LogP contribution in [-0.2, 0) is 19.4 Å². The van der Waals surface area contributed by atoms with Gasteiger partial charge in [0.1, 0.15) is 15.7 Å². The van der Waals surface area contributed by atoms with Crippen LogP contribution in [0.15, 0.2) is 30.5 Å². The van der Waals surface area contributed by atoms with Gasteiger partial charge < -0.3 is 14.7 Å². The second-order valence-electron chi connectivity index (χ2n) is 6.04. The highest BCUT2D eigenvalue weighted by Gasteiger charge is 2.38. The van der Waals surface area contributed by atoms with Gasteiger partial charge in [0.15, 0.2) is 5.65 Å². The van der Waals surface area contributed by atoms with Crippen LogP contribution in [0.1, 0.15) is 0 Å². The Morgan fingerprint density at radius 1 is 1.36 bits per heavy atom. The van der Waals surface area contributed by atoms with Crippen molar-refractivity contribution in [3.8, 4) is 0 Å². The van der Waals surface area contributed by atoms with Crippen molar-refractivity contribution < 1.29 is 36.2 Å². The number of carboxylic acids is 1. The predicted octanol–water partition coefficient (Wildman–Crippen LogP) is 1.51. The first kappa shape index (κ1) is 21.8. The van der Waals surface area contributed by atoms with Gasteiger partial charge in [-0.2, -0.15) is 13.2 Å². The number of alkyl halides is 3. The van der Waals surface area contributed by atoms with Crippen LogP contribution in [0.3, 0.4) is 0 Å². The highest BCUT2D eigenvalue weighted by molar-refractivity contribution is 7.90. The molecule has 1 aliphatic heterocycles. The normalized spacial score (nSPS) is 17.7. The Balaban J connectivity index is 0.000000345. The van der Waals surface area contributed by atoms with Crippen molar-refractivity contribution in [3.05, 3.63) is 30.5 Å². The molecule has 1 aliphatic rings. The van der Waals surface area contributed by atoms with Crippen LogP contribution in [0, 0.1) is 0 Å². The number of hydrogen-bond acceptors (Lipinski definition) is 7. The average Bonchev–Trinajstić information content (AvgIpc) is 2.60. The number of pyridine rings is 2. The van der Waals surface area contributed by atoms with Crippen LogP contribution in [0.4, 0.5) is 19.0 Å². The van der Waals surface area contributed by atoms with Crippen molar-refractivity contribution in [2.45, 2.75) is 12.2 Å². The van der Waals surface area contributed by atoms with Gasteiger partial charge in [0.05, 0.1) is 25.0 Å². The van der Waals surface area contributed by atoms with Crippen LogP contribution >= 0.6 is 0 Å². The first-order valence-electron chi connectivity index (χ1n) is 8.01. The third-order valence-corrected chi connectivity index (χ3v) is 4.70. The van der Waals surface area contributed by atoms with E-state index in [1.165, 1.54) is 6.26 Å². The maximum Gasteiger partial charge on any atom is 0.490 e. The zero-order valence-corrected chi connectivity index (χ0v) is 15.6. The molecule has 1 N–H and O–H groups in total. The molecule has 0 saturated carbocycles. The fraction of sp³-hybridized carbons (Fsp3) is 0.438. The Bertz CT molecular complexity index is 937. The van der Waals surface area contributed by atoms with E-state index in [0.29, 0.717) is 25.4 Å². The van der Waals surface area contributed by atoms with E-state index in [-0.39, 0.29) is 11.8 Å². The van der Waals surface area contributed by atoms with Crippen LogP contribution in [-0.4, -0.2) is 73.4 Å². The molecule has 3 rings (SSSR count). The Hall–Kier alpha value is -2.47. The van der Waals surface area contributed by atoms with Crippen LogP contribution < -0.4 is 4.90 Å². The molecular weight excluding hydrogens is 403 g/mol. The third-order valence-electron chi connectivity index (χ3n) is 3.71. The summed E-state index contributed by atoms with van der Waals surface area (Å²) in [5, 5.41) is 8.09. The number of carbonyl (C=O) groups is 1. The van der Waals surface area contributed by atoms with Crippen LogP contribution in [0.2, 0.25) is 0 Å². The number of fused-ring (bicyclic) bond motifs is 1. The van der Waals surface area contributed by atoms with Gasteiger partial charge in [-0.15, -0.1) is 0 Å². The van der Waals surface area contributed by atoms with Crippen molar-refractivity contribution in [3.63, 3.8) is 0 Å². The number of rotatable bonds is 3. The number of nitrogens with zero attached hydrogens (tertiary/aromatic N) is 3. The lowest BCUT2D eigenvalue weighted by molar-refractivity contribution is -0.192. The standard InChI is InChI=1S/C14H17N3O3S.C2HF3O2/c1-21(18,19)10-12-9-20-8-7-17(12)13-5-4-11-3-2-6-15-14(11)16-13;3-2(4,5)1(6)7/h2-6,12H,7-10H2,1H3;(H,6,7)/t12-;/m0./s1. The number of ether oxygens (including phenoxy) is 1. The summed E-state index contributed by atoms with van der Waals surface area (Å²) in [5.74, 6) is -1.94. The summed E-state index contributed by atoms with van der Waals surface area (Å²) in [6.07, 6.45) is -2.14. The molecule has 0 unspecified atom stereocenters. The maximum absolute atomic E-state index is 11.6. The summed E-state index contributed by atoms with van der Waals surface area (Å²) in [5.41, 5.74) is 0.666. The Morgan fingerprint density at radius 3 is 2.64 bits per heavy atom. The molecule has 28 heavy (non-hydrogen) atoms. The van der Waals surface area contributed by atoms with E-state index in [1.54, 1.807) is 6.20 Å². The molecule has 1 fully saturated rings. The highest BCUT2D eigenvalue weighted by atomic mass is 32.2. The topological polar surface area (TPSA) is 110 Å².